The average Bonchev–Trinajstić information content (AvgIpc) is 1.82. The summed E-state index contributed by atoms with van der Waals surface area (Å²) < 4.78 is 0. The van der Waals surface area contributed by atoms with Gasteiger partial charge in [0.25, 0.3) is 0 Å². The Balaban J connectivity index is 2.92. The van der Waals surface area contributed by atoms with E-state index in [1.54, 1.807) is 0 Å². The molecule has 0 atom stereocenters. The molecule has 0 radical (unpaired) electrons. The number of hydrogen-bond acceptors (Lipinski definition) is 1. The Bertz CT molecular complexity index is 231. The maximum atomic E-state index is 5.23. The summed E-state index contributed by atoms with van der Waals surface area (Å²) in [5, 5.41) is 4.10. The Morgan fingerprint density at radius 1 is 1.58 bits per heavy atom. The number of nitrogens with one attached hydrogen (secondary N) is 1. The molecule has 0 aromatic heterocycles. The lowest BCUT2D eigenvalue weighted by molar-refractivity contribution is 0.441. The van der Waals surface area contributed by atoms with Crippen LogP contribution in [0.3, 0.4) is 0 Å². The van der Waals surface area contributed by atoms with Crippen LogP contribution in [0.15, 0.2) is 11.8 Å². The molecular formula is C9H16N2S. The molecule has 0 fully saturated rings. The second-order valence-corrected chi connectivity index (χ2v) is 4.07. The lowest BCUT2D eigenvalue weighted by Crippen LogP contribution is -2.52. The van der Waals surface area contributed by atoms with Crippen LogP contribution in [-0.4, -0.2) is 22.1 Å². The molecule has 1 rings (SSSR count). The van der Waals surface area contributed by atoms with E-state index in [9.17, 15) is 0 Å². The van der Waals surface area contributed by atoms with Crippen molar-refractivity contribution in [3.63, 3.8) is 0 Å². The highest BCUT2D eigenvalue weighted by atomic mass is 32.1. The maximum absolute atomic E-state index is 5.23. The summed E-state index contributed by atoms with van der Waals surface area (Å²) in [5.74, 6) is 0. The van der Waals surface area contributed by atoms with Gasteiger partial charge in [0.1, 0.15) is 0 Å². The molecule has 0 unspecified atom stereocenters. The minimum atomic E-state index is 0.00678. The number of allylic oxidation sites excluding steroid dienone is 1. The third kappa shape index (κ3) is 1.78. The lowest BCUT2D eigenvalue weighted by atomic mass is 10.0. The van der Waals surface area contributed by atoms with Gasteiger partial charge in [-0.3, -0.25) is 0 Å². The van der Waals surface area contributed by atoms with Gasteiger partial charge in [0.05, 0.1) is 5.54 Å². The van der Waals surface area contributed by atoms with Crippen molar-refractivity contribution in [2.75, 3.05) is 6.54 Å². The molecule has 0 amide bonds. The van der Waals surface area contributed by atoms with Crippen molar-refractivity contribution in [1.82, 2.24) is 10.2 Å². The number of rotatable bonds is 1. The fraction of sp³-hybridized carbons (Fsp3) is 0.667. The predicted molar refractivity (Wildman–Crippen MR) is 55.9 cm³/mol. The van der Waals surface area contributed by atoms with Gasteiger partial charge in [-0.1, -0.05) is 0 Å². The minimum Gasteiger partial charge on any atom is -0.354 e. The van der Waals surface area contributed by atoms with E-state index >= 15 is 0 Å². The van der Waals surface area contributed by atoms with E-state index in [1.165, 1.54) is 5.70 Å². The molecular weight excluding hydrogens is 168 g/mol. The van der Waals surface area contributed by atoms with E-state index in [-0.39, 0.29) is 5.54 Å². The van der Waals surface area contributed by atoms with Crippen molar-refractivity contribution < 1.29 is 0 Å². The summed E-state index contributed by atoms with van der Waals surface area (Å²) in [6, 6.07) is 0. The number of nitrogens with zero attached hydrogens (tertiary/aromatic N) is 1. The molecule has 0 saturated heterocycles. The number of thiocarbonyl (C=S) groups is 1. The van der Waals surface area contributed by atoms with Crippen molar-refractivity contribution in [2.45, 2.75) is 33.2 Å². The Morgan fingerprint density at radius 3 is 2.58 bits per heavy atom. The van der Waals surface area contributed by atoms with Gasteiger partial charge in [-0.25, -0.2) is 0 Å². The van der Waals surface area contributed by atoms with E-state index in [1.807, 2.05) is 0 Å². The SMILES string of the molecule is CCN1C(=S)NC(C)(C)C=C1C. The van der Waals surface area contributed by atoms with Crippen molar-refractivity contribution in [3.05, 3.63) is 11.8 Å². The Kier molecular flexibility index (Phi) is 2.42. The standard InChI is InChI=1S/C9H16N2S/c1-5-11-7(2)6-9(3,4)10-8(11)12/h6H,5H2,1-4H3,(H,10,12). The summed E-state index contributed by atoms with van der Waals surface area (Å²) in [7, 11) is 0. The van der Waals surface area contributed by atoms with Gasteiger partial charge in [0.2, 0.25) is 0 Å². The summed E-state index contributed by atoms with van der Waals surface area (Å²) in [6.07, 6.45) is 2.20. The zero-order valence-corrected chi connectivity index (χ0v) is 8.96. The molecule has 0 aromatic carbocycles. The van der Waals surface area contributed by atoms with Gasteiger partial charge < -0.3 is 10.2 Å². The van der Waals surface area contributed by atoms with Gasteiger partial charge in [0, 0.05) is 12.2 Å². The first-order valence-electron chi connectivity index (χ1n) is 4.25. The van der Waals surface area contributed by atoms with E-state index < -0.39 is 0 Å². The van der Waals surface area contributed by atoms with Gasteiger partial charge in [-0.15, -0.1) is 0 Å². The van der Waals surface area contributed by atoms with Crippen LogP contribution in [0, 0.1) is 0 Å². The quantitative estimate of drug-likeness (QED) is 0.626. The molecule has 0 saturated carbocycles. The van der Waals surface area contributed by atoms with E-state index in [0.29, 0.717) is 0 Å². The first-order valence-corrected chi connectivity index (χ1v) is 4.66. The Morgan fingerprint density at radius 2 is 2.17 bits per heavy atom. The highest BCUT2D eigenvalue weighted by molar-refractivity contribution is 7.80. The van der Waals surface area contributed by atoms with Gasteiger partial charge in [-0.05, 0) is 46.0 Å². The summed E-state index contributed by atoms with van der Waals surface area (Å²) in [5.41, 5.74) is 1.25. The molecule has 1 heterocycles. The molecule has 0 aliphatic carbocycles. The van der Waals surface area contributed by atoms with Gasteiger partial charge >= 0.3 is 0 Å². The first-order chi connectivity index (χ1) is 5.46. The largest absolute Gasteiger partial charge is 0.354 e. The fourth-order valence-electron chi connectivity index (χ4n) is 1.53. The molecule has 0 spiro atoms. The summed E-state index contributed by atoms with van der Waals surface area (Å²) in [6.45, 7) is 9.37. The monoisotopic (exact) mass is 184 g/mol. The maximum Gasteiger partial charge on any atom is 0.173 e. The summed E-state index contributed by atoms with van der Waals surface area (Å²) >= 11 is 5.23. The third-order valence-corrected chi connectivity index (χ3v) is 2.31. The molecule has 68 valence electrons. The van der Waals surface area contributed by atoms with E-state index in [0.717, 1.165) is 11.7 Å². The fourth-order valence-corrected chi connectivity index (χ4v) is 2.07. The third-order valence-electron chi connectivity index (χ3n) is 1.99. The van der Waals surface area contributed by atoms with Crippen LogP contribution in [0.4, 0.5) is 0 Å². The molecule has 12 heavy (non-hydrogen) atoms. The second-order valence-electron chi connectivity index (χ2n) is 3.68. The van der Waals surface area contributed by atoms with Crippen LogP contribution in [0.1, 0.15) is 27.7 Å². The van der Waals surface area contributed by atoms with Gasteiger partial charge in [0.15, 0.2) is 5.11 Å². The molecule has 0 aromatic rings. The lowest BCUT2D eigenvalue weighted by Gasteiger charge is -2.37. The predicted octanol–water partition coefficient (Wildman–Crippen LogP) is 1.88. The van der Waals surface area contributed by atoms with E-state index in [4.69, 9.17) is 12.2 Å². The first kappa shape index (κ1) is 9.52. The van der Waals surface area contributed by atoms with Crippen LogP contribution < -0.4 is 5.32 Å². The average molecular weight is 184 g/mol. The van der Waals surface area contributed by atoms with Gasteiger partial charge in [-0.2, -0.15) is 0 Å². The summed E-state index contributed by atoms with van der Waals surface area (Å²) in [4.78, 5) is 2.10. The molecule has 3 heteroatoms. The van der Waals surface area contributed by atoms with Crippen LogP contribution in [-0.2, 0) is 0 Å². The highest BCUT2D eigenvalue weighted by Crippen LogP contribution is 2.17. The van der Waals surface area contributed by atoms with Crippen LogP contribution >= 0.6 is 12.2 Å². The minimum absolute atomic E-state index is 0.00678. The van der Waals surface area contributed by atoms with Crippen molar-refractivity contribution in [2.24, 2.45) is 0 Å². The zero-order valence-electron chi connectivity index (χ0n) is 8.14. The normalized spacial score (nSPS) is 21.8. The van der Waals surface area contributed by atoms with Crippen molar-refractivity contribution in [1.29, 1.82) is 0 Å². The van der Waals surface area contributed by atoms with Crippen molar-refractivity contribution >= 4 is 17.3 Å². The molecule has 1 N–H and O–H groups in total. The second kappa shape index (κ2) is 3.05. The zero-order chi connectivity index (χ0) is 9.35. The topological polar surface area (TPSA) is 15.3 Å². The van der Waals surface area contributed by atoms with Crippen molar-refractivity contribution in [3.8, 4) is 0 Å². The smallest absolute Gasteiger partial charge is 0.173 e. The highest BCUT2D eigenvalue weighted by Gasteiger charge is 2.25. The number of hydrogen-bond donors (Lipinski definition) is 1. The van der Waals surface area contributed by atoms with Crippen LogP contribution in [0.2, 0.25) is 0 Å². The molecule has 0 bridgehead atoms. The van der Waals surface area contributed by atoms with E-state index in [2.05, 4.69) is 44.0 Å². The molecule has 2 nitrogen and oxygen atoms in total. The van der Waals surface area contributed by atoms with Crippen LogP contribution in [0.5, 0.6) is 0 Å². The Labute approximate surface area is 79.6 Å². The Hall–Kier alpha value is -0.570. The molecule has 1 aliphatic rings. The van der Waals surface area contributed by atoms with Crippen LogP contribution in [0.25, 0.3) is 0 Å². The molecule has 1 aliphatic heterocycles.